The van der Waals surface area contributed by atoms with Gasteiger partial charge in [0.05, 0.1) is 49.5 Å². The molecule has 0 radical (unpaired) electrons. The van der Waals surface area contributed by atoms with Crippen LogP contribution >= 0.6 is 0 Å². The molecule has 3 atom stereocenters. The highest BCUT2D eigenvalue weighted by Crippen LogP contribution is 2.30. The van der Waals surface area contributed by atoms with Gasteiger partial charge in [-0.25, -0.2) is 8.42 Å². The Morgan fingerprint density at radius 3 is 2.33 bits per heavy atom. The largest absolute Gasteiger partial charge is 0.497 e. The summed E-state index contributed by atoms with van der Waals surface area (Å²) >= 11 is 0. The lowest BCUT2D eigenvalue weighted by Gasteiger charge is -2.29. The fourth-order valence-corrected chi connectivity index (χ4v) is 6.60. The van der Waals surface area contributed by atoms with E-state index in [1.54, 1.807) is 31.2 Å². The third kappa shape index (κ3) is 8.72. The first kappa shape index (κ1) is 32.3. The maximum absolute atomic E-state index is 13.8. The van der Waals surface area contributed by atoms with Gasteiger partial charge >= 0.3 is 0 Å². The van der Waals surface area contributed by atoms with Crippen molar-refractivity contribution in [3.63, 3.8) is 0 Å². The lowest BCUT2D eigenvalue weighted by atomic mass is 10.0. The summed E-state index contributed by atoms with van der Waals surface area (Å²) < 4.78 is 45.5. The van der Waals surface area contributed by atoms with Crippen LogP contribution in [0.5, 0.6) is 11.5 Å². The summed E-state index contributed by atoms with van der Waals surface area (Å²) in [6.07, 6.45) is 0.285. The van der Waals surface area contributed by atoms with Crippen molar-refractivity contribution in [2.45, 2.75) is 63.2 Å². The van der Waals surface area contributed by atoms with Gasteiger partial charge in [0.2, 0.25) is 5.91 Å². The number of amides is 1. The maximum Gasteiger partial charge on any atom is 0.264 e. The van der Waals surface area contributed by atoms with E-state index < -0.39 is 22.2 Å². The molecule has 1 aliphatic heterocycles. The van der Waals surface area contributed by atoms with Crippen LogP contribution < -0.4 is 19.1 Å². The zero-order valence-corrected chi connectivity index (χ0v) is 26.0. The molecule has 0 saturated carbocycles. The highest BCUT2D eigenvalue weighted by Gasteiger charge is 2.29. The smallest absolute Gasteiger partial charge is 0.264 e. The van der Waals surface area contributed by atoms with Crippen molar-refractivity contribution in [2.75, 3.05) is 31.2 Å². The van der Waals surface area contributed by atoms with E-state index in [0.717, 1.165) is 17.7 Å². The summed E-state index contributed by atoms with van der Waals surface area (Å²) in [5.41, 5.74) is 1.99. The number of aliphatic hydroxyl groups is 1. The summed E-state index contributed by atoms with van der Waals surface area (Å²) in [5, 5.41) is 14.0. The van der Waals surface area contributed by atoms with E-state index in [4.69, 9.17) is 14.2 Å². The number of aliphatic hydroxyl groups excluding tert-OH is 1. The molecule has 9 nitrogen and oxygen atoms in total. The van der Waals surface area contributed by atoms with Crippen LogP contribution in [0.4, 0.5) is 5.69 Å². The minimum absolute atomic E-state index is 0.0431. The lowest BCUT2D eigenvalue weighted by molar-refractivity contribution is -0.121. The number of rotatable bonds is 14. The van der Waals surface area contributed by atoms with Gasteiger partial charge in [-0.15, -0.1) is 0 Å². The number of methoxy groups -OCH3 is 1. The van der Waals surface area contributed by atoms with E-state index in [9.17, 15) is 18.3 Å². The Balaban J connectivity index is 1.42. The molecule has 3 aromatic carbocycles. The molecule has 1 saturated heterocycles. The number of anilines is 1. The van der Waals surface area contributed by atoms with Crippen LogP contribution in [0.15, 0.2) is 77.7 Å². The van der Waals surface area contributed by atoms with Crippen LogP contribution in [0.3, 0.4) is 0 Å². The van der Waals surface area contributed by atoms with Gasteiger partial charge in [-0.1, -0.05) is 44.2 Å². The SMILES string of the molecule is COc1ccc(S(=O)(=O)N(CC(C)C)c2ccccc2C[C@@H](O)[C@H](C)NC(=O)Cc2ccc(O[C@H]3CCOC3)cc2)cc1. The van der Waals surface area contributed by atoms with Crippen molar-refractivity contribution in [1.29, 1.82) is 0 Å². The molecule has 43 heavy (non-hydrogen) atoms. The van der Waals surface area contributed by atoms with Crippen molar-refractivity contribution >= 4 is 21.6 Å². The Bertz CT molecular complexity index is 1440. The number of benzene rings is 3. The number of hydrogen-bond donors (Lipinski definition) is 2. The normalized spacial score (nSPS) is 16.5. The number of para-hydroxylation sites is 1. The van der Waals surface area contributed by atoms with Crippen LogP contribution in [0.2, 0.25) is 0 Å². The summed E-state index contributed by atoms with van der Waals surface area (Å²) in [5.74, 6) is 1.13. The highest BCUT2D eigenvalue weighted by atomic mass is 32.2. The van der Waals surface area contributed by atoms with E-state index in [0.29, 0.717) is 30.2 Å². The predicted octanol–water partition coefficient (Wildman–Crippen LogP) is 4.37. The predicted molar refractivity (Wildman–Crippen MR) is 166 cm³/mol. The van der Waals surface area contributed by atoms with Crippen molar-refractivity contribution in [2.24, 2.45) is 5.92 Å². The standard InChI is InChI=1S/C33H42N2O7S/c1-23(2)21-35(43(38,39)30-15-13-27(40-4)14-16-30)31-8-6-5-7-26(31)20-32(36)24(3)34-33(37)19-25-9-11-28(12-10-25)42-29-17-18-41-22-29/h5-16,23-24,29,32,36H,17-22H2,1-4H3,(H,34,37)/t24-,29-,32+/m0/s1. The Hall–Kier alpha value is -3.60. The molecule has 1 fully saturated rings. The molecule has 1 amide bonds. The molecule has 0 unspecified atom stereocenters. The molecular weight excluding hydrogens is 568 g/mol. The number of carbonyl (C=O) groups excluding carboxylic acids is 1. The number of hydrogen-bond acceptors (Lipinski definition) is 7. The van der Waals surface area contributed by atoms with Crippen molar-refractivity contribution in [3.05, 3.63) is 83.9 Å². The summed E-state index contributed by atoms with van der Waals surface area (Å²) in [6.45, 7) is 7.20. The molecule has 1 heterocycles. The number of carbonyl (C=O) groups is 1. The number of nitrogens with zero attached hydrogens (tertiary/aromatic N) is 1. The second kappa shape index (κ2) is 14.7. The third-order valence-corrected chi connectivity index (χ3v) is 9.11. The second-order valence-corrected chi connectivity index (χ2v) is 13.1. The highest BCUT2D eigenvalue weighted by molar-refractivity contribution is 7.92. The first-order valence-electron chi connectivity index (χ1n) is 14.6. The van der Waals surface area contributed by atoms with Crippen molar-refractivity contribution in [1.82, 2.24) is 5.32 Å². The van der Waals surface area contributed by atoms with Gasteiger partial charge < -0.3 is 24.6 Å². The van der Waals surface area contributed by atoms with Gasteiger partial charge in [0, 0.05) is 19.4 Å². The van der Waals surface area contributed by atoms with E-state index >= 15 is 0 Å². The van der Waals surface area contributed by atoms with Crippen LogP contribution in [0.1, 0.15) is 38.3 Å². The van der Waals surface area contributed by atoms with Gasteiger partial charge in [0.1, 0.15) is 17.6 Å². The Labute approximate surface area is 254 Å². The summed E-state index contributed by atoms with van der Waals surface area (Å²) in [6, 6.07) is 20.3. The van der Waals surface area contributed by atoms with Gasteiger partial charge in [-0.3, -0.25) is 9.10 Å². The quantitative estimate of drug-likeness (QED) is 0.279. The van der Waals surface area contributed by atoms with Crippen LogP contribution in [-0.4, -0.2) is 64.5 Å². The molecule has 0 aromatic heterocycles. The lowest BCUT2D eigenvalue weighted by Crippen LogP contribution is -2.43. The number of sulfonamides is 1. The van der Waals surface area contributed by atoms with E-state index in [2.05, 4.69) is 5.32 Å². The molecule has 232 valence electrons. The molecule has 0 spiro atoms. The van der Waals surface area contributed by atoms with Crippen molar-refractivity contribution < 1.29 is 32.5 Å². The third-order valence-electron chi connectivity index (χ3n) is 7.31. The maximum atomic E-state index is 13.8. The van der Waals surface area contributed by atoms with Gasteiger partial charge in [0.15, 0.2) is 0 Å². The fraction of sp³-hybridized carbons (Fsp3) is 0.424. The molecule has 3 aromatic rings. The molecular formula is C33H42N2O7S. The van der Waals surface area contributed by atoms with Gasteiger partial charge in [-0.05, 0) is 66.4 Å². The zero-order valence-electron chi connectivity index (χ0n) is 25.2. The summed E-state index contributed by atoms with van der Waals surface area (Å²) in [4.78, 5) is 13.0. The van der Waals surface area contributed by atoms with E-state index in [1.165, 1.54) is 23.5 Å². The minimum Gasteiger partial charge on any atom is -0.497 e. The van der Waals surface area contributed by atoms with Gasteiger partial charge in [0.25, 0.3) is 10.0 Å². The molecule has 10 heteroatoms. The zero-order chi connectivity index (χ0) is 31.0. The van der Waals surface area contributed by atoms with Crippen LogP contribution in [0, 0.1) is 5.92 Å². The first-order valence-corrected chi connectivity index (χ1v) is 16.1. The monoisotopic (exact) mass is 610 g/mol. The van der Waals surface area contributed by atoms with E-state index in [1.807, 2.05) is 50.2 Å². The summed E-state index contributed by atoms with van der Waals surface area (Å²) in [7, 11) is -2.38. The van der Waals surface area contributed by atoms with Crippen LogP contribution in [0.25, 0.3) is 0 Å². The Morgan fingerprint density at radius 2 is 1.70 bits per heavy atom. The average Bonchev–Trinajstić information content (AvgIpc) is 3.50. The van der Waals surface area contributed by atoms with E-state index in [-0.39, 0.29) is 42.2 Å². The second-order valence-electron chi connectivity index (χ2n) is 11.3. The van der Waals surface area contributed by atoms with Crippen molar-refractivity contribution in [3.8, 4) is 11.5 Å². The molecule has 1 aliphatic rings. The molecule has 0 bridgehead atoms. The number of nitrogens with one attached hydrogen (secondary N) is 1. The Kier molecular flexibility index (Phi) is 11.1. The molecule has 2 N–H and O–H groups in total. The first-order chi connectivity index (χ1) is 20.6. The molecule has 4 rings (SSSR count). The number of ether oxygens (including phenoxy) is 3. The minimum atomic E-state index is -3.91. The topological polar surface area (TPSA) is 114 Å². The Morgan fingerprint density at radius 1 is 1.02 bits per heavy atom. The van der Waals surface area contributed by atoms with Crippen LogP contribution in [-0.2, 0) is 32.4 Å². The molecule has 0 aliphatic carbocycles. The van der Waals surface area contributed by atoms with Gasteiger partial charge in [-0.2, -0.15) is 0 Å². The fourth-order valence-electron chi connectivity index (χ4n) is 4.93. The average molecular weight is 611 g/mol.